The summed E-state index contributed by atoms with van der Waals surface area (Å²) in [6.45, 7) is 3.29. The molecule has 0 aliphatic carbocycles. The average Bonchev–Trinajstić information content (AvgIpc) is 3.22. The molecular formula is C47H86NO10P. The minimum atomic E-state index is -4.46. The van der Waals surface area contributed by atoms with Crippen LogP contribution in [-0.4, -0.2) is 71.7 Å². The Morgan fingerprint density at radius 1 is 0.576 bits per heavy atom. The second kappa shape index (κ2) is 42.6. The molecule has 0 bridgehead atoms. The lowest BCUT2D eigenvalue weighted by molar-refractivity contribution is -0.161. The van der Waals surface area contributed by atoms with Crippen molar-refractivity contribution in [2.45, 2.75) is 212 Å². The molecule has 0 spiro atoms. The van der Waals surface area contributed by atoms with Crippen molar-refractivity contribution >= 4 is 19.8 Å². The van der Waals surface area contributed by atoms with Crippen molar-refractivity contribution < 1.29 is 47.8 Å². The van der Waals surface area contributed by atoms with E-state index in [4.69, 9.17) is 24.3 Å². The molecular weight excluding hydrogens is 769 g/mol. The van der Waals surface area contributed by atoms with E-state index in [-0.39, 0.29) is 51.9 Å². The zero-order chi connectivity index (χ0) is 43.5. The minimum absolute atomic E-state index is 0.00734. The van der Waals surface area contributed by atoms with Gasteiger partial charge in [0.15, 0.2) is 6.10 Å². The van der Waals surface area contributed by atoms with Gasteiger partial charge in [0.25, 0.3) is 0 Å². The molecule has 0 heterocycles. The largest absolute Gasteiger partial charge is 0.472 e. The summed E-state index contributed by atoms with van der Waals surface area (Å²) >= 11 is 0. The van der Waals surface area contributed by atoms with E-state index in [9.17, 15) is 29.3 Å². The van der Waals surface area contributed by atoms with Gasteiger partial charge in [0, 0.05) is 19.4 Å². The van der Waals surface area contributed by atoms with Crippen LogP contribution in [0.4, 0.5) is 0 Å². The number of hydrogen-bond acceptors (Lipinski definition) is 10. The van der Waals surface area contributed by atoms with Crippen molar-refractivity contribution in [1.29, 1.82) is 0 Å². The van der Waals surface area contributed by atoms with Gasteiger partial charge in [-0.1, -0.05) is 178 Å². The second-order valence-electron chi connectivity index (χ2n) is 15.6. The Balaban J connectivity index is 4.31. The van der Waals surface area contributed by atoms with Gasteiger partial charge in [0.1, 0.15) is 6.61 Å². The summed E-state index contributed by atoms with van der Waals surface area (Å²) in [7, 11) is -4.46. The Hall–Kier alpha value is -2.11. The maximum absolute atomic E-state index is 12.6. The molecule has 0 amide bonds. The van der Waals surface area contributed by atoms with Crippen LogP contribution in [0.1, 0.15) is 194 Å². The van der Waals surface area contributed by atoms with Gasteiger partial charge in [0.05, 0.1) is 25.4 Å². The molecule has 4 atom stereocenters. The number of allylic oxidation sites excluding steroid dienone is 7. The Morgan fingerprint density at radius 3 is 1.53 bits per heavy atom. The van der Waals surface area contributed by atoms with E-state index in [1.807, 2.05) is 18.2 Å². The van der Waals surface area contributed by atoms with Gasteiger partial charge in [-0.05, 0) is 51.4 Å². The van der Waals surface area contributed by atoms with E-state index >= 15 is 0 Å². The molecule has 0 aromatic rings. The molecule has 5 N–H and O–H groups in total. The fourth-order valence-electron chi connectivity index (χ4n) is 6.37. The van der Waals surface area contributed by atoms with Gasteiger partial charge in [-0.15, -0.1) is 0 Å². The number of hydrogen-bond donors (Lipinski definition) is 4. The minimum Gasteiger partial charge on any atom is -0.462 e. The molecule has 12 heteroatoms. The molecule has 0 rings (SSSR count). The molecule has 0 aliphatic rings. The number of phosphoric acid groups is 1. The summed E-state index contributed by atoms with van der Waals surface area (Å²) in [6, 6.07) is 0. The number of unbranched alkanes of at least 4 members (excludes halogenated alkanes) is 18. The zero-order valence-electron chi connectivity index (χ0n) is 37.2. The zero-order valence-corrected chi connectivity index (χ0v) is 38.1. The van der Waals surface area contributed by atoms with Crippen molar-refractivity contribution in [1.82, 2.24) is 0 Å². The van der Waals surface area contributed by atoms with Crippen LogP contribution in [0.5, 0.6) is 0 Å². The fraction of sp³-hybridized carbons (Fsp3) is 0.787. The van der Waals surface area contributed by atoms with Crippen LogP contribution in [0.25, 0.3) is 0 Å². The SMILES string of the molecule is CC/C=C\C/C=C\C/C=C\C/C=C\C[C@@H](O)[C@H](O)CCCC(=O)O[C@H](COC(=O)CCCCCCCCCCCCCCCCCCCCC)COP(=O)(O)OCCN. The second-order valence-corrected chi connectivity index (χ2v) is 17.0. The molecule has 0 fully saturated rings. The smallest absolute Gasteiger partial charge is 0.462 e. The summed E-state index contributed by atoms with van der Waals surface area (Å²) in [5.74, 6) is -1.11. The van der Waals surface area contributed by atoms with Crippen molar-refractivity contribution in [2.24, 2.45) is 5.73 Å². The third-order valence-electron chi connectivity index (χ3n) is 9.93. The van der Waals surface area contributed by atoms with Crippen LogP contribution in [0.2, 0.25) is 0 Å². The third-order valence-corrected chi connectivity index (χ3v) is 10.9. The molecule has 0 radical (unpaired) electrons. The highest BCUT2D eigenvalue weighted by Gasteiger charge is 2.26. The lowest BCUT2D eigenvalue weighted by Gasteiger charge is -2.20. The van der Waals surface area contributed by atoms with Crippen LogP contribution >= 0.6 is 7.82 Å². The Labute approximate surface area is 359 Å². The van der Waals surface area contributed by atoms with E-state index in [0.717, 1.165) is 44.9 Å². The van der Waals surface area contributed by atoms with Crippen LogP contribution in [0.3, 0.4) is 0 Å². The number of rotatable bonds is 43. The Kier molecular flexibility index (Phi) is 41.1. The van der Waals surface area contributed by atoms with E-state index in [0.29, 0.717) is 6.42 Å². The summed E-state index contributed by atoms with van der Waals surface area (Å²) in [4.78, 5) is 35.0. The molecule has 59 heavy (non-hydrogen) atoms. The normalized spacial score (nSPS) is 14.7. The van der Waals surface area contributed by atoms with E-state index < -0.39 is 44.7 Å². The van der Waals surface area contributed by atoms with Crippen LogP contribution in [0.15, 0.2) is 48.6 Å². The molecule has 0 saturated carbocycles. The number of carbonyl (C=O) groups excluding carboxylic acids is 2. The summed E-state index contributed by atoms with van der Waals surface area (Å²) in [5, 5.41) is 20.7. The first-order valence-corrected chi connectivity index (χ1v) is 24.8. The van der Waals surface area contributed by atoms with Crippen molar-refractivity contribution in [3.63, 3.8) is 0 Å². The number of carbonyl (C=O) groups is 2. The van der Waals surface area contributed by atoms with Gasteiger partial charge in [-0.25, -0.2) is 4.57 Å². The molecule has 0 aromatic heterocycles. The first-order chi connectivity index (χ1) is 28.6. The average molecular weight is 856 g/mol. The Bertz CT molecular complexity index is 1140. The highest BCUT2D eigenvalue weighted by molar-refractivity contribution is 7.47. The fourth-order valence-corrected chi connectivity index (χ4v) is 7.14. The van der Waals surface area contributed by atoms with Crippen LogP contribution in [-0.2, 0) is 32.7 Å². The lowest BCUT2D eigenvalue weighted by Crippen LogP contribution is -2.30. The number of phosphoric ester groups is 1. The number of esters is 2. The molecule has 0 aliphatic heterocycles. The number of ether oxygens (including phenoxy) is 2. The van der Waals surface area contributed by atoms with E-state index in [1.165, 1.54) is 96.3 Å². The topological polar surface area (TPSA) is 175 Å². The maximum atomic E-state index is 12.6. The highest BCUT2D eigenvalue weighted by Crippen LogP contribution is 2.43. The third kappa shape index (κ3) is 41.0. The van der Waals surface area contributed by atoms with E-state index in [2.05, 4.69) is 44.2 Å². The van der Waals surface area contributed by atoms with Crippen molar-refractivity contribution in [3.05, 3.63) is 48.6 Å². The summed E-state index contributed by atoms with van der Waals surface area (Å²) < 4.78 is 32.6. The first-order valence-electron chi connectivity index (χ1n) is 23.3. The number of aliphatic hydroxyl groups is 2. The summed E-state index contributed by atoms with van der Waals surface area (Å²) in [6.07, 6.45) is 41.7. The predicted molar refractivity (Wildman–Crippen MR) is 241 cm³/mol. The summed E-state index contributed by atoms with van der Waals surface area (Å²) in [5.41, 5.74) is 5.34. The molecule has 11 nitrogen and oxygen atoms in total. The van der Waals surface area contributed by atoms with Gasteiger partial charge in [-0.3, -0.25) is 18.6 Å². The maximum Gasteiger partial charge on any atom is 0.472 e. The highest BCUT2D eigenvalue weighted by atomic mass is 31.2. The first kappa shape index (κ1) is 56.9. The number of aliphatic hydroxyl groups excluding tert-OH is 2. The van der Waals surface area contributed by atoms with Gasteiger partial charge < -0.3 is 30.3 Å². The van der Waals surface area contributed by atoms with Crippen molar-refractivity contribution in [3.8, 4) is 0 Å². The van der Waals surface area contributed by atoms with Gasteiger partial charge in [0.2, 0.25) is 0 Å². The predicted octanol–water partition coefficient (Wildman–Crippen LogP) is 11.4. The molecule has 1 unspecified atom stereocenters. The standard InChI is InChI=1S/C47H86NO10P/c1-3-5-7-9-11-13-15-17-18-19-20-21-22-23-25-27-29-31-33-37-46(51)55-41-43(42-57-59(53,54)56-40-39-48)58-47(52)38-34-36-45(50)44(49)35-32-30-28-26-24-16-14-12-10-8-6-4-2/h6,8,12,14,24,26,30,32,43-45,49-50H,3-5,7,9-11,13,15-23,25,27-29,31,33-42,48H2,1-2H3,(H,53,54)/b8-6-,14-12-,26-24-,32-30-/t43-,44-,45-/m1/s1. The van der Waals surface area contributed by atoms with Crippen molar-refractivity contribution in [2.75, 3.05) is 26.4 Å². The monoisotopic (exact) mass is 856 g/mol. The van der Waals surface area contributed by atoms with Gasteiger partial charge >= 0.3 is 19.8 Å². The molecule has 0 aromatic carbocycles. The molecule has 0 saturated heterocycles. The lowest BCUT2D eigenvalue weighted by atomic mass is 10.0. The number of nitrogens with two attached hydrogens (primary N) is 1. The van der Waals surface area contributed by atoms with Gasteiger partial charge in [-0.2, -0.15) is 0 Å². The Morgan fingerprint density at radius 2 is 1.03 bits per heavy atom. The van der Waals surface area contributed by atoms with Crippen LogP contribution < -0.4 is 5.73 Å². The van der Waals surface area contributed by atoms with Crippen LogP contribution in [0, 0.1) is 0 Å². The quantitative estimate of drug-likeness (QED) is 0.0199. The molecule has 344 valence electrons. The van der Waals surface area contributed by atoms with E-state index in [1.54, 1.807) is 0 Å².